The quantitative estimate of drug-likeness (QED) is 0.554. The summed E-state index contributed by atoms with van der Waals surface area (Å²) in [4.78, 5) is 11.8. The average molecular weight is 252 g/mol. The molecule has 0 aliphatic heterocycles. The standard InChI is InChI=1S/C17H32O/c1-15-11-9-7-5-3-4-6-8-10-12-17(18)14-16(2)13-15/h15-16H,3-14H2,1-2H3/t15-,16?/m0/s1. The first-order chi connectivity index (χ1) is 8.68. The van der Waals surface area contributed by atoms with Gasteiger partial charge in [0.05, 0.1) is 0 Å². The van der Waals surface area contributed by atoms with E-state index >= 15 is 0 Å². The first-order valence-electron chi connectivity index (χ1n) is 8.20. The van der Waals surface area contributed by atoms with Gasteiger partial charge < -0.3 is 0 Å². The molecule has 1 nitrogen and oxygen atoms in total. The van der Waals surface area contributed by atoms with Gasteiger partial charge in [-0.25, -0.2) is 0 Å². The first kappa shape index (κ1) is 15.7. The summed E-state index contributed by atoms with van der Waals surface area (Å²) in [6, 6.07) is 0. The van der Waals surface area contributed by atoms with Gasteiger partial charge in [-0.05, 0) is 24.7 Å². The van der Waals surface area contributed by atoms with Crippen molar-refractivity contribution in [1.29, 1.82) is 0 Å². The summed E-state index contributed by atoms with van der Waals surface area (Å²) in [6.07, 6.45) is 15.0. The molecule has 0 aromatic carbocycles. The largest absolute Gasteiger partial charge is 0.300 e. The minimum absolute atomic E-state index is 0.504. The van der Waals surface area contributed by atoms with Crippen molar-refractivity contribution < 1.29 is 4.79 Å². The highest BCUT2D eigenvalue weighted by molar-refractivity contribution is 5.78. The molecule has 0 amide bonds. The zero-order chi connectivity index (χ0) is 13.2. The van der Waals surface area contributed by atoms with E-state index in [9.17, 15) is 4.79 Å². The van der Waals surface area contributed by atoms with E-state index in [2.05, 4.69) is 13.8 Å². The number of Topliss-reactive ketones (excluding diaryl/α,β-unsaturated/α-hetero) is 1. The van der Waals surface area contributed by atoms with Crippen LogP contribution in [-0.2, 0) is 4.79 Å². The van der Waals surface area contributed by atoms with Crippen molar-refractivity contribution >= 4 is 5.78 Å². The van der Waals surface area contributed by atoms with E-state index < -0.39 is 0 Å². The Morgan fingerprint density at radius 2 is 1.33 bits per heavy atom. The van der Waals surface area contributed by atoms with Gasteiger partial charge in [0.15, 0.2) is 0 Å². The van der Waals surface area contributed by atoms with Crippen molar-refractivity contribution in [2.45, 2.75) is 90.9 Å². The van der Waals surface area contributed by atoms with Gasteiger partial charge in [0.2, 0.25) is 0 Å². The van der Waals surface area contributed by atoms with Crippen LogP contribution < -0.4 is 0 Å². The Kier molecular flexibility index (Phi) is 8.37. The molecule has 0 N–H and O–H groups in total. The van der Waals surface area contributed by atoms with Crippen LogP contribution in [0.2, 0.25) is 0 Å². The highest BCUT2D eigenvalue weighted by Crippen LogP contribution is 2.22. The Bertz CT molecular complexity index is 222. The SMILES string of the molecule is CC1CC(=O)CCCCCCCCCC[C@H](C)C1. The first-order valence-corrected chi connectivity index (χ1v) is 8.20. The minimum Gasteiger partial charge on any atom is -0.300 e. The summed E-state index contributed by atoms with van der Waals surface area (Å²) < 4.78 is 0. The third kappa shape index (κ3) is 7.89. The highest BCUT2D eigenvalue weighted by atomic mass is 16.1. The molecule has 0 spiro atoms. The van der Waals surface area contributed by atoms with Gasteiger partial charge in [-0.15, -0.1) is 0 Å². The molecule has 18 heavy (non-hydrogen) atoms. The van der Waals surface area contributed by atoms with Gasteiger partial charge in [-0.2, -0.15) is 0 Å². The number of rotatable bonds is 0. The van der Waals surface area contributed by atoms with Crippen molar-refractivity contribution in [3.05, 3.63) is 0 Å². The molecule has 1 rings (SSSR count). The lowest BCUT2D eigenvalue weighted by atomic mass is 9.89. The second-order valence-electron chi connectivity index (χ2n) is 6.56. The summed E-state index contributed by atoms with van der Waals surface area (Å²) in [5.41, 5.74) is 0. The van der Waals surface area contributed by atoms with Gasteiger partial charge >= 0.3 is 0 Å². The van der Waals surface area contributed by atoms with Crippen LogP contribution in [0, 0.1) is 11.8 Å². The Morgan fingerprint density at radius 3 is 2.00 bits per heavy atom. The molecule has 1 heteroatoms. The van der Waals surface area contributed by atoms with Gasteiger partial charge in [0, 0.05) is 12.8 Å². The van der Waals surface area contributed by atoms with E-state index in [1.165, 1.54) is 57.8 Å². The molecule has 2 atom stereocenters. The summed E-state index contributed by atoms with van der Waals surface area (Å²) in [5.74, 6) is 1.90. The van der Waals surface area contributed by atoms with E-state index in [0.29, 0.717) is 11.7 Å². The maximum absolute atomic E-state index is 11.8. The third-order valence-corrected chi connectivity index (χ3v) is 4.28. The maximum atomic E-state index is 11.8. The van der Waals surface area contributed by atoms with E-state index in [4.69, 9.17) is 0 Å². The van der Waals surface area contributed by atoms with Crippen LogP contribution in [0.1, 0.15) is 90.9 Å². The van der Waals surface area contributed by atoms with Crippen LogP contribution in [0.3, 0.4) is 0 Å². The van der Waals surface area contributed by atoms with Crippen molar-refractivity contribution in [2.75, 3.05) is 0 Å². The number of hydrogen-bond donors (Lipinski definition) is 0. The van der Waals surface area contributed by atoms with Crippen LogP contribution >= 0.6 is 0 Å². The highest BCUT2D eigenvalue weighted by Gasteiger charge is 2.13. The molecular formula is C17H32O. The summed E-state index contributed by atoms with van der Waals surface area (Å²) in [5, 5.41) is 0. The molecule has 0 aromatic heterocycles. The fourth-order valence-corrected chi connectivity index (χ4v) is 3.25. The topological polar surface area (TPSA) is 17.1 Å². The smallest absolute Gasteiger partial charge is 0.133 e. The molecule has 1 saturated carbocycles. The molecule has 0 aromatic rings. The Hall–Kier alpha value is -0.330. The molecule has 1 unspecified atom stereocenters. The fraction of sp³-hybridized carbons (Fsp3) is 0.941. The average Bonchev–Trinajstić information content (AvgIpc) is 2.30. The molecule has 1 aliphatic rings. The predicted octanol–water partition coefficient (Wildman–Crippen LogP) is 5.52. The molecular weight excluding hydrogens is 220 g/mol. The fourth-order valence-electron chi connectivity index (χ4n) is 3.25. The molecule has 106 valence electrons. The number of carbonyl (C=O) groups excluding carboxylic acids is 1. The second-order valence-corrected chi connectivity index (χ2v) is 6.56. The number of hydrogen-bond acceptors (Lipinski definition) is 1. The predicted molar refractivity (Wildman–Crippen MR) is 78.7 cm³/mol. The second kappa shape index (κ2) is 9.58. The van der Waals surface area contributed by atoms with Crippen molar-refractivity contribution in [3.8, 4) is 0 Å². The van der Waals surface area contributed by atoms with Gasteiger partial charge in [0.1, 0.15) is 5.78 Å². The molecule has 0 saturated heterocycles. The molecule has 0 bridgehead atoms. The van der Waals surface area contributed by atoms with Crippen molar-refractivity contribution in [2.24, 2.45) is 11.8 Å². The lowest BCUT2D eigenvalue weighted by molar-refractivity contribution is -0.120. The summed E-state index contributed by atoms with van der Waals surface area (Å²) in [7, 11) is 0. The van der Waals surface area contributed by atoms with Crippen LogP contribution in [0.4, 0.5) is 0 Å². The minimum atomic E-state index is 0.504. The molecule has 0 heterocycles. The van der Waals surface area contributed by atoms with Gasteiger partial charge in [-0.3, -0.25) is 4.79 Å². The summed E-state index contributed by atoms with van der Waals surface area (Å²) >= 11 is 0. The number of carbonyl (C=O) groups is 1. The number of ketones is 1. The Labute approximate surface area is 114 Å². The van der Waals surface area contributed by atoms with Crippen LogP contribution in [0.15, 0.2) is 0 Å². The monoisotopic (exact) mass is 252 g/mol. The molecule has 0 radical (unpaired) electrons. The lowest BCUT2D eigenvalue weighted by Gasteiger charge is -2.16. The summed E-state index contributed by atoms with van der Waals surface area (Å²) in [6.45, 7) is 4.62. The molecule has 1 fully saturated rings. The van der Waals surface area contributed by atoms with E-state index in [1.54, 1.807) is 0 Å². The van der Waals surface area contributed by atoms with Gasteiger partial charge in [0.25, 0.3) is 0 Å². The van der Waals surface area contributed by atoms with Crippen molar-refractivity contribution in [3.63, 3.8) is 0 Å². The Morgan fingerprint density at radius 1 is 0.778 bits per heavy atom. The van der Waals surface area contributed by atoms with Crippen LogP contribution in [0.25, 0.3) is 0 Å². The maximum Gasteiger partial charge on any atom is 0.133 e. The lowest BCUT2D eigenvalue weighted by Crippen LogP contribution is -2.09. The zero-order valence-electron chi connectivity index (χ0n) is 12.5. The third-order valence-electron chi connectivity index (χ3n) is 4.28. The van der Waals surface area contributed by atoms with E-state index in [-0.39, 0.29) is 0 Å². The van der Waals surface area contributed by atoms with Crippen molar-refractivity contribution in [1.82, 2.24) is 0 Å². The normalized spacial score (nSPS) is 30.4. The zero-order valence-corrected chi connectivity index (χ0v) is 12.5. The van der Waals surface area contributed by atoms with E-state index in [0.717, 1.165) is 25.2 Å². The van der Waals surface area contributed by atoms with E-state index in [1.807, 2.05) is 0 Å². The molecule has 1 aliphatic carbocycles. The van der Waals surface area contributed by atoms with Gasteiger partial charge in [-0.1, -0.05) is 65.2 Å². The van der Waals surface area contributed by atoms with Crippen LogP contribution in [0.5, 0.6) is 0 Å². The Balaban J connectivity index is 2.33. The van der Waals surface area contributed by atoms with Crippen LogP contribution in [-0.4, -0.2) is 5.78 Å².